The van der Waals surface area contributed by atoms with E-state index < -0.39 is 0 Å². The van der Waals surface area contributed by atoms with Crippen molar-refractivity contribution in [2.75, 3.05) is 19.7 Å². The van der Waals surface area contributed by atoms with Crippen LogP contribution in [0.25, 0.3) is 0 Å². The largest absolute Gasteiger partial charge is 0.371 e. The van der Waals surface area contributed by atoms with Crippen LogP contribution in [0.4, 0.5) is 0 Å². The molecule has 27 heavy (non-hydrogen) atoms. The lowest BCUT2D eigenvalue weighted by Crippen LogP contribution is -2.37. The normalized spacial score (nSPS) is 17.0. The van der Waals surface area contributed by atoms with E-state index in [0.29, 0.717) is 0 Å². The Morgan fingerprint density at radius 1 is 0.889 bits per heavy atom. The molecular formula is C21H25Cl2N3O. The maximum Gasteiger partial charge on any atom is 0.0982 e. The second kappa shape index (κ2) is 10.5. The number of hydrogen-bond donors (Lipinski definition) is 0. The Kier molecular flexibility index (Phi) is 8.32. The van der Waals surface area contributed by atoms with Crippen LogP contribution >= 0.6 is 24.8 Å². The van der Waals surface area contributed by atoms with Crippen molar-refractivity contribution in [3.8, 4) is 0 Å². The lowest BCUT2D eigenvalue weighted by molar-refractivity contribution is -0.0329. The van der Waals surface area contributed by atoms with Crippen LogP contribution in [0.3, 0.4) is 0 Å². The van der Waals surface area contributed by atoms with Gasteiger partial charge in [0.05, 0.1) is 25.5 Å². The molecule has 0 aliphatic carbocycles. The highest BCUT2D eigenvalue weighted by Crippen LogP contribution is 2.23. The van der Waals surface area contributed by atoms with Crippen LogP contribution in [0.15, 0.2) is 73.1 Å². The number of rotatable bonds is 5. The Hall–Kier alpha value is -1.85. The summed E-state index contributed by atoms with van der Waals surface area (Å²) in [4.78, 5) is 2.46. The third-order valence-electron chi connectivity index (χ3n) is 4.61. The molecule has 1 fully saturated rings. The highest BCUT2D eigenvalue weighted by Gasteiger charge is 2.23. The van der Waals surface area contributed by atoms with E-state index in [1.54, 1.807) is 0 Å². The topological polar surface area (TPSA) is 30.3 Å². The highest BCUT2D eigenvalue weighted by molar-refractivity contribution is 5.85. The number of hydrogen-bond acceptors (Lipinski definition) is 3. The molecule has 1 aromatic heterocycles. The summed E-state index contributed by atoms with van der Waals surface area (Å²) in [5, 5.41) is 4.51. The van der Waals surface area contributed by atoms with Gasteiger partial charge in [-0.1, -0.05) is 60.7 Å². The van der Waals surface area contributed by atoms with Crippen LogP contribution in [0, 0.1) is 0 Å². The van der Waals surface area contributed by atoms with Crippen LogP contribution in [-0.2, 0) is 17.8 Å². The molecule has 0 saturated carbocycles. The zero-order valence-electron chi connectivity index (χ0n) is 15.1. The molecule has 3 aromatic rings. The van der Waals surface area contributed by atoms with Crippen LogP contribution in [0.2, 0.25) is 0 Å². The second-order valence-electron chi connectivity index (χ2n) is 6.54. The fraction of sp³-hybridized carbons (Fsp3) is 0.286. The van der Waals surface area contributed by atoms with E-state index in [2.05, 4.69) is 70.8 Å². The Bertz CT molecular complexity index is 795. The molecule has 1 atom stereocenters. The van der Waals surface area contributed by atoms with Crippen molar-refractivity contribution in [2.45, 2.75) is 19.2 Å². The van der Waals surface area contributed by atoms with Gasteiger partial charge in [-0.25, -0.2) is 0 Å². The SMILES string of the molecule is Cl.Cl.c1ccc(CN2CCOC(c3cnn(Cc4ccccc4)c3)C2)cc1. The highest BCUT2D eigenvalue weighted by atomic mass is 35.5. The number of morpholine rings is 1. The van der Waals surface area contributed by atoms with Crippen LogP contribution < -0.4 is 0 Å². The zero-order valence-corrected chi connectivity index (χ0v) is 16.7. The van der Waals surface area contributed by atoms with Crippen LogP contribution in [-0.4, -0.2) is 34.4 Å². The molecule has 0 amide bonds. The van der Waals surface area contributed by atoms with E-state index in [1.807, 2.05) is 16.9 Å². The first kappa shape index (κ1) is 21.5. The Morgan fingerprint density at radius 2 is 1.52 bits per heavy atom. The minimum Gasteiger partial charge on any atom is -0.371 e. The summed E-state index contributed by atoms with van der Waals surface area (Å²) >= 11 is 0. The summed E-state index contributed by atoms with van der Waals surface area (Å²) in [6, 6.07) is 21.0. The third kappa shape index (κ3) is 5.81. The van der Waals surface area contributed by atoms with Gasteiger partial charge in [-0.3, -0.25) is 9.58 Å². The molecule has 144 valence electrons. The summed E-state index contributed by atoms with van der Waals surface area (Å²) in [7, 11) is 0. The molecule has 0 bridgehead atoms. The first-order valence-electron chi connectivity index (χ1n) is 8.81. The van der Waals surface area contributed by atoms with Crippen molar-refractivity contribution in [1.29, 1.82) is 0 Å². The lowest BCUT2D eigenvalue weighted by Gasteiger charge is -2.32. The van der Waals surface area contributed by atoms with Crippen LogP contribution in [0.5, 0.6) is 0 Å². The predicted molar refractivity (Wildman–Crippen MR) is 113 cm³/mol. The fourth-order valence-electron chi connectivity index (χ4n) is 3.29. The van der Waals surface area contributed by atoms with Gasteiger partial charge in [0, 0.05) is 31.4 Å². The Labute approximate surface area is 173 Å². The van der Waals surface area contributed by atoms with Crippen LogP contribution in [0.1, 0.15) is 22.8 Å². The standard InChI is InChI=1S/C21H23N3O.2ClH/c1-3-7-18(8-4-1)14-23-11-12-25-21(17-23)20-13-22-24(16-20)15-19-9-5-2-6-10-19;;/h1-10,13,16,21H,11-12,14-15,17H2;2*1H. The Morgan fingerprint density at radius 3 is 2.19 bits per heavy atom. The minimum absolute atomic E-state index is 0. The van der Waals surface area contributed by atoms with E-state index in [4.69, 9.17) is 4.74 Å². The van der Waals surface area contributed by atoms with Gasteiger partial charge in [0.2, 0.25) is 0 Å². The Balaban J connectivity index is 0.00000131. The van der Waals surface area contributed by atoms with Gasteiger partial charge in [0.25, 0.3) is 0 Å². The van der Waals surface area contributed by atoms with Crippen molar-refractivity contribution < 1.29 is 4.74 Å². The molecule has 0 spiro atoms. The molecule has 1 aliphatic heterocycles. The molecule has 2 heterocycles. The average Bonchev–Trinajstić information content (AvgIpc) is 3.12. The molecule has 0 N–H and O–H groups in total. The van der Waals surface area contributed by atoms with E-state index >= 15 is 0 Å². The van der Waals surface area contributed by atoms with Gasteiger partial charge in [0.1, 0.15) is 0 Å². The summed E-state index contributed by atoms with van der Waals surface area (Å²) in [5.74, 6) is 0. The van der Waals surface area contributed by atoms with Crippen molar-refractivity contribution in [3.05, 3.63) is 89.7 Å². The molecule has 4 nitrogen and oxygen atoms in total. The molecule has 0 radical (unpaired) electrons. The zero-order chi connectivity index (χ0) is 16.9. The molecule has 2 aromatic carbocycles. The smallest absolute Gasteiger partial charge is 0.0982 e. The fourth-order valence-corrected chi connectivity index (χ4v) is 3.29. The number of nitrogens with zero attached hydrogens (tertiary/aromatic N) is 3. The van der Waals surface area contributed by atoms with E-state index in [1.165, 1.54) is 11.1 Å². The third-order valence-corrected chi connectivity index (χ3v) is 4.61. The predicted octanol–water partition coefficient (Wildman–Crippen LogP) is 4.35. The summed E-state index contributed by atoms with van der Waals surface area (Å²) < 4.78 is 7.99. The van der Waals surface area contributed by atoms with E-state index in [9.17, 15) is 0 Å². The van der Waals surface area contributed by atoms with Gasteiger partial charge < -0.3 is 4.74 Å². The van der Waals surface area contributed by atoms with Crippen molar-refractivity contribution in [3.63, 3.8) is 0 Å². The van der Waals surface area contributed by atoms with Crippen molar-refractivity contribution in [1.82, 2.24) is 14.7 Å². The molecule has 6 heteroatoms. The maximum atomic E-state index is 6.00. The minimum atomic E-state index is 0. The van der Waals surface area contributed by atoms with Crippen molar-refractivity contribution >= 4 is 24.8 Å². The summed E-state index contributed by atoms with van der Waals surface area (Å²) in [6.45, 7) is 4.41. The number of benzene rings is 2. The molecule has 1 saturated heterocycles. The lowest BCUT2D eigenvalue weighted by atomic mass is 10.1. The molecule has 1 unspecified atom stereocenters. The van der Waals surface area contributed by atoms with E-state index in [-0.39, 0.29) is 30.9 Å². The quantitative estimate of drug-likeness (QED) is 0.631. The van der Waals surface area contributed by atoms with Crippen molar-refractivity contribution in [2.24, 2.45) is 0 Å². The number of halogens is 2. The van der Waals surface area contributed by atoms with Gasteiger partial charge in [-0.15, -0.1) is 24.8 Å². The van der Waals surface area contributed by atoms with Gasteiger partial charge in [-0.05, 0) is 11.1 Å². The average molecular weight is 406 g/mol. The monoisotopic (exact) mass is 405 g/mol. The molecule has 4 rings (SSSR count). The summed E-state index contributed by atoms with van der Waals surface area (Å²) in [5.41, 5.74) is 3.77. The second-order valence-corrected chi connectivity index (χ2v) is 6.54. The molecule has 1 aliphatic rings. The summed E-state index contributed by atoms with van der Waals surface area (Å²) in [6.07, 6.45) is 4.16. The maximum absolute atomic E-state index is 6.00. The van der Waals surface area contributed by atoms with Gasteiger partial charge >= 0.3 is 0 Å². The number of ether oxygens (including phenoxy) is 1. The van der Waals surface area contributed by atoms with Gasteiger partial charge in [-0.2, -0.15) is 5.10 Å². The van der Waals surface area contributed by atoms with E-state index in [0.717, 1.165) is 38.3 Å². The first-order chi connectivity index (χ1) is 12.4. The molecular weight excluding hydrogens is 381 g/mol. The van der Waals surface area contributed by atoms with Gasteiger partial charge in [0.15, 0.2) is 0 Å². The first-order valence-corrected chi connectivity index (χ1v) is 8.81. The number of aromatic nitrogens is 2.